The zero-order valence-corrected chi connectivity index (χ0v) is 19.7. The van der Waals surface area contributed by atoms with Crippen molar-refractivity contribution in [2.75, 3.05) is 6.61 Å². The number of ether oxygens (including phenoxy) is 3. The Bertz CT molecular complexity index is 1240. The third kappa shape index (κ3) is 4.72. The van der Waals surface area contributed by atoms with Gasteiger partial charge in [-0.05, 0) is 39.9 Å². The number of nitrogens with two attached hydrogens (primary N) is 1. The predicted octanol–water partition coefficient (Wildman–Crippen LogP) is 4.27. The summed E-state index contributed by atoms with van der Waals surface area (Å²) in [6.45, 7) is 4.27. The second-order valence-electron chi connectivity index (χ2n) is 9.36. The second kappa shape index (κ2) is 9.07. The molecule has 5 rings (SSSR count). The summed E-state index contributed by atoms with van der Waals surface area (Å²) in [5, 5.41) is 2.63. The van der Waals surface area contributed by atoms with Crippen molar-refractivity contribution in [1.82, 2.24) is 5.32 Å². The highest BCUT2D eigenvalue weighted by Gasteiger charge is 2.30. The lowest BCUT2D eigenvalue weighted by Crippen LogP contribution is -2.46. The lowest BCUT2D eigenvalue weighted by Gasteiger charge is -2.32. The summed E-state index contributed by atoms with van der Waals surface area (Å²) in [6, 6.07) is 20.9. The highest BCUT2D eigenvalue weighted by Crippen LogP contribution is 2.44. The molecule has 0 saturated heterocycles. The number of carbonyl (C=O) groups excluding carboxylic acids is 2. The molecule has 2 amide bonds. The molecule has 1 aliphatic carbocycles. The van der Waals surface area contributed by atoms with E-state index >= 15 is 0 Å². The summed E-state index contributed by atoms with van der Waals surface area (Å²) < 4.78 is 17.1. The monoisotopic (exact) mass is 472 g/mol. The molecule has 0 unspecified atom stereocenters. The quantitative estimate of drug-likeness (QED) is 0.558. The number of hydrogen-bond acceptors (Lipinski definition) is 5. The minimum atomic E-state index is -0.912. The minimum absolute atomic E-state index is 0.0647. The average Bonchev–Trinajstić information content (AvgIpc) is 3.15. The number of benzene rings is 3. The number of alkyl carbamates (subject to hydrolysis) is 1. The van der Waals surface area contributed by atoms with Crippen molar-refractivity contribution in [3.8, 4) is 16.9 Å². The number of hydrogen-bond donors (Lipinski definition) is 2. The summed E-state index contributed by atoms with van der Waals surface area (Å²) in [7, 11) is 0. The Labute approximate surface area is 204 Å². The highest BCUT2D eigenvalue weighted by molar-refractivity contribution is 5.84. The molecule has 180 valence electrons. The number of rotatable bonds is 6. The maximum Gasteiger partial charge on any atom is 0.407 e. The molecule has 0 saturated carbocycles. The molecule has 1 aliphatic heterocycles. The van der Waals surface area contributed by atoms with Crippen LogP contribution in [0.5, 0.6) is 5.75 Å². The smallest absolute Gasteiger partial charge is 0.407 e. The van der Waals surface area contributed by atoms with Gasteiger partial charge in [-0.1, -0.05) is 54.6 Å². The SMILES string of the molecule is CC1(C)OCc2cc(C[C@H](NC(=O)OCC3c4ccccc4-c4ccccc43)C(N)=O)ccc2O1. The minimum Gasteiger partial charge on any atom is -0.463 e. The molecule has 0 spiro atoms. The topological polar surface area (TPSA) is 99.9 Å². The van der Waals surface area contributed by atoms with Crippen molar-refractivity contribution in [2.45, 2.75) is 44.6 Å². The largest absolute Gasteiger partial charge is 0.463 e. The van der Waals surface area contributed by atoms with Crippen LogP contribution in [0.3, 0.4) is 0 Å². The summed E-state index contributed by atoms with van der Waals surface area (Å²) >= 11 is 0. The molecule has 0 aromatic heterocycles. The van der Waals surface area contributed by atoms with E-state index in [-0.39, 0.29) is 18.9 Å². The van der Waals surface area contributed by atoms with Gasteiger partial charge >= 0.3 is 6.09 Å². The molecule has 0 radical (unpaired) electrons. The van der Waals surface area contributed by atoms with Crippen molar-refractivity contribution in [3.63, 3.8) is 0 Å². The molecule has 35 heavy (non-hydrogen) atoms. The number of fused-ring (bicyclic) bond motifs is 4. The standard InChI is InChI=1S/C28H28N2O5/c1-28(2)34-15-18-13-17(11-12-25(18)35-28)14-24(26(29)31)30-27(32)33-16-23-21-9-5-3-7-19(21)20-8-4-6-10-22(20)23/h3-13,23-24H,14-16H2,1-2H3,(H2,29,31)(H,30,32)/t24-/m0/s1. The van der Waals surface area contributed by atoms with Crippen LogP contribution in [0.25, 0.3) is 11.1 Å². The van der Waals surface area contributed by atoms with Gasteiger partial charge in [0.15, 0.2) is 0 Å². The number of carbonyl (C=O) groups is 2. The Hall–Kier alpha value is -3.84. The lowest BCUT2D eigenvalue weighted by molar-refractivity contribution is -0.180. The van der Waals surface area contributed by atoms with Crippen molar-refractivity contribution in [1.29, 1.82) is 0 Å². The fraction of sp³-hybridized carbons (Fsp3) is 0.286. The third-order valence-corrected chi connectivity index (χ3v) is 6.47. The van der Waals surface area contributed by atoms with Gasteiger partial charge in [0.05, 0.1) is 6.61 Å². The fourth-order valence-electron chi connectivity index (χ4n) is 4.76. The van der Waals surface area contributed by atoms with E-state index in [4.69, 9.17) is 19.9 Å². The second-order valence-corrected chi connectivity index (χ2v) is 9.36. The third-order valence-electron chi connectivity index (χ3n) is 6.47. The van der Waals surface area contributed by atoms with Gasteiger partial charge in [0, 0.05) is 31.7 Å². The molecule has 7 heteroatoms. The van der Waals surface area contributed by atoms with Gasteiger partial charge in [-0.3, -0.25) is 4.79 Å². The van der Waals surface area contributed by atoms with Crippen LogP contribution in [0.2, 0.25) is 0 Å². The first kappa shape index (κ1) is 22.9. The summed E-state index contributed by atoms with van der Waals surface area (Å²) in [4.78, 5) is 24.8. The molecule has 0 bridgehead atoms. The highest BCUT2D eigenvalue weighted by atomic mass is 16.7. The van der Waals surface area contributed by atoms with Crippen LogP contribution in [-0.2, 0) is 27.3 Å². The Balaban J connectivity index is 1.24. The van der Waals surface area contributed by atoms with Gasteiger partial charge in [-0.15, -0.1) is 0 Å². The van der Waals surface area contributed by atoms with E-state index in [1.54, 1.807) is 0 Å². The number of amides is 2. The average molecular weight is 473 g/mol. The molecule has 1 atom stereocenters. The fourth-order valence-corrected chi connectivity index (χ4v) is 4.76. The Morgan fingerprint density at radius 3 is 2.37 bits per heavy atom. The molecular weight excluding hydrogens is 444 g/mol. The van der Waals surface area contributed by atoms with Gasteiger partial charge in [-0.2, -0.15) is 0 Å². The first-order chi connectivity index (χ1) is 16.8. The molecule has 3 aromatic carbocycles. The van der Waals surface area contributed by atoms with Gasteiger partial charge in [0.2, 0.25) is 11.7 Å². The first-order valence-corrected chi connectivity index (χ1v) is 11.7. The van der Waals surface area contributed by atoms with Crippen LogP contribution in [0.15, 0.2) is 66.7 Å². The molecule has 3 aromatic rings. The maximum atomic E-state index is 12.7. The van der Waals surface area contributed by atoms with Crippen LogP contribution in [0, 0.1) is 0 Å². The van der Waals surface area contributed by atoms with Gasteiger partial charge in [0.25, 0.3) is 0 Å². The molecular formula is C28H28N2O5. The van der Waals surface area contributed by atoms with Crippen molar-refractivity contribution < 1.29 is 23.8 Å². The van der Waals surface area contributed by atoms with Crippen molar-refractivity contribution in [2.24, 2.45) is 5.73 Å². The van der Waals surface area contributed by atoms with Crippen LogP contribution in [0.1, 0.15) is 42.0 Å². The van der Waals surface area contributed by atoms with E-state index in [0.29, 0.717) is 6.61 Å². The number of primary amides is 1. The van der Waals surface area contributed by atoms with Gasteiger partial charge < -0.3 is 25.3 Å². The summed E-state index contributed by atoms with van der Waals surface area (Å²) in [6.07, 6.45) is -0.446. The Kier molecular flexibility index (Phi) is 5.94. The van der Waals surface area contributed by atoms with E-state index in [9.17, 15) is 9.59 Å². The van der Waals surface area contributed by atoms with E-state index in [1.807, 2.05) is 56.3 Å². The van der Waals surface area contributed by atoms with Crippen molar-refractivity contribution >= 4 is 12.0 Å². The lowest BCUT2D eigenvalue weighted by atomic mass is 9.98. The first-order valence-electron chi connectivity index (χ1n) is 11.7. The summed E-state index contributed by atoms with van der Waals surface area (Å²) in [5.74, 6) is -0.643. The molecule has 2 aliphatic rings. The van der Waals surface area contributed by atoms with Crippen LogP contribution in [-0.4, -0.2) is 30.4 Å². The Morgan fingerprint density at radius 2 is 1.71 bits per heavy atom. The van der Waals surface area contributed by atoms with E-state index in [0.717, 1.165) is 39.1 Å². The molecule has 0 fully saturated rings. The summed E-state index contributed by atoms with van der Waals surface area (Å²) in [5.41, 5.74) is 11.8. The van der Waals surface area contributed by atoms with E-state index < -0.39 is 23.8 Å². The van der Waals surface area contributed by atoms with Crippen LogP contribution >= 0.6 is 0 Å². The zero-order valence-electron chi connectivity index (χ0n) is 19.7. The maximum absolute atomic E-state index is 12.7. The van der Waals surface area contributed by atoms with Gasteiger partial charge in [-0.25, -0.2) is 4.79 Å². The predicted molar refractivity (Wildman–Crippen MR) is 131 cm³/mol. The van der Waals surface area contributed by atoms with Crippen LogP contribution < -0.4 is 15.8 Å². The zero-order chi connectivity index (χ0) is 24.6. The van der Waals surface area contributed by atoms with Gasteiger partial charge in [0.1, 0.15) is 18.4 Å². The molecule has 3 N–H and O–H groups in total. The molecule has 1 heterocycles. The Morgan fingerprint density at radius 1 is 1.06 bits per heavy atom. The van der Waals surface area contributed by atoms with E-state index in [1.165, 1.54) is 0 Å². The normalized spacial score (nSPS) is 16.3. The van der Waals surface area contributed by atoms with Crippen molar-refractivity contribution in [3.05, 3.63) is 89.0 Å². The van der Waals surface area contributed by atoms with Crippen LogP contribution in [0.4, 0.5) is 4.79 Å². The van der Waals surface area contributed by atoms with E-state index in [2.05, 4.69) is 29.6 Å². The molecule has 7 nitrogen and oxygen atoms in total. The number of nitrogens with one attached hydrogen (secondary N) is 1.